The van der Waals surface area contributed by atoms with Crippen LogP contribution in [0.2, 0.25) is 0 Å². The predicted molar refractivity (Wildman–Crippen MR) is 81.8 cm³/mol. The molecule has 6 heteroatoms. The summed E-state index contributed by atoms with van der Waals surface area (Å²) in [4.78, 5) is 11.8. The minimum absolute atomic E-state index is 0.0677. The number of hydrogen-bond acceptors (Lipinski definition) is 5. The summed E-state index contributed by atoms with van der Waals surface area (Å²) in [6.45, 7) is 2.01. The third kappa shape index (κ3) is 4.30. The van der Waals surface area contributed by atoms with Crippen molar-refractivity contribution in [3.8, 4) is 0 Å². The van der Waals surface area contributed by atoms with Crippen LogP contribution in [0.25, 0.3) is 0 Å². The Morgan fingerprint density at radius 2 is 1.91 bits per heavy atom. The largest absolute Gasteiger partial charge is 0.469 e. The Bertz CT molecular complexity index is 606. The Hall–Kier alpha value is -1.40. The minimum Gasteiger partial charge on any atom is -0.469 e. The summed E-state index contributed by atoms with van der Waals surface area (Å²) in [5.74, 6) is -0.293. The molecule has 1 aromatic carbocycles. The third-order valence-electron chi connectivity index (χ3n) is 4.09. The lowest BCUT2D eigenvalue weighted by Crippen LogP contribution is -2.27. The number of benzene rings is 1. The lowest BCUT2D eigenvalue weighted by molar-refractivity contribution is -0.147. The number of rotatable bonds is 5. The quantitative estimate of drug-likeness (QED) is 0.614. The van der Waals surface area contributed by atoms with Crippen molar-refractivity contribution in [3.63, 3.8) is 0 Å². The molecule has 0 aliphatic heterocycles. The van der Waals surface area contributed by atoms with Crippen LogP contribution in [0.5, 0.6) is 0 Å². The fourth-order valence-electron chi connectivity index (χ4n) is 2.78. The van der Waals surface area contributed by atoms with Gasteiger partial charge in [-0.25, -0.2) is 0 Å². The molecule has 5 nitrogen and oxygen atoms in total. The number of carbonyl (C=O) groups excluding carboxylic acids is 1. The molecule has 0 aromatic heterocycles. The van der Waals surface area contributed by atoms with Gasteiger partial charge in [-0.3, -0.25) is 8.98 Å². The van der Waals surface area contributed by atoms with Gasteiger partial charge in [0, 0.05) is 0 Å². The van der Waals surface area contributed by atoms with Crippen LogP contribution in [-0.4, -0.2) is 28.1 Å². The van der Waals surface area contributed by atoms with Crippen molar-refractivity contribution in [2.45, 2.75) is 37.5 Å². The second-order valence-corrected chi connectivity index (χ2v) is 7.42. The van der Waals surface area contributed by atoms with E-state index in [1.807, 2.05) is 6.92 Å². The molecule has 2 rings (SSSR count). The number of hydrogen-bond donors (Lipinski definition) is 0. The fourth-order valence-corrected chi connectivity index (χ4v) is 3.76. The van der Waals surface area contributed by atoms with Crippen molar-refractivity contribution in [2.75, 3.05) is 13.7 Å². The number of esters is 1. The molecule has 1 saturated carbocycles. The van der Waals surface area contributed by atoms with E-state index in [9.17, 15) is 13.2 Å². The van der Waals surface area contributed by atoms with E-state index in [1.54, 1.807) is 24.3 Å². The van der Waals surface area contributed by atoms with Crippen molar-refractivity contribution in [1.82, 2.24) is 0 Å². The summed E-state index contributed by atoms with van der Waals surface area (Å²) in [7, 11) is -2.36. The van der Waals surface area contributed by atoms with E-state index in [1.165, 1.54) is 7.11 Å². The Morgan fingerprint density at radius 3 is 2.55 bits per heavy atom. The highest BCUT2D eigenvalue weighted by Crippen LogP contribution is 2.30. The van der Waals surface area contributed by atoms with E-state index < -0.39 is 10.1 Å². The molecule has 1 aliphatic carbocycles. The van der Waals surface area contributed by atoms with Gasteiger partial charge in [-0.05, 0) is 44.2 Å². The summed E-state index contributed by atoms with van der Waals surface area (Å²) in [6.07, 6.45) is 3.18. The van der Waals surface area contributed by atoms with Crippen molar-refractivity contribution < 1.29 is 22.1 Å². The average Bonchev–Trinajstić information content (AvgIpc) is 2.53. The second-order valence-electron chi connectivity index (χ2n) is 5.80. The number of ether oxygens (including phenoxy) is 1. The highest BCUT2D eigenvalue weighted by molar-refractivity contribution is 7.86. The van der Waals surface area contributed by atoms with Crippen molar-refractivity contribution in [2.24, 2.45) is 11.8 Å². The van der Waals surface area contributed by atoms with E-state index in [-0.39, 0.29) is 29.3 Å². The zero-order valence-electron chi connectivity index (χ0n) is 12.9. The maximum Gasteiger partial charge on any atom is 0.308 e. The topological polar surface area (TPSA) is 69.7 Å². The Labute approximate surface area is 131 Å². The molecule has 22 heavy (non-hydrogen) atoms. The fraction of sp³-hybridized carbons (Fsp3) is 0.562. The van der Waals surface area contributed by atoms with Gasteiger partial charge >= 0.3 is 5.97 Å². The monoisotopic (exact) mass is 326 g/mol. The normalized spacial score (nSPS) is 22.3. The molecule has 1 aromatic rings. The smallest absolute Gasteiger partial charge is 0.308 e. The first-order chi connectivity index (χ1) is 10.4. The molecule has 0 saturated heterocycles. The summed E-state index contributed by atoms with van der Waals surface area (Å²) in [6, 6.07) is 6.57. The van der Waals surface area contributed by atoms with Gasteiger partial charge in [0.15, 0.2) is 0 Å². The summed E-state index contributed by atoms with van der Waals surface area (Å²) >= 11 is 0. The standard InChI is InChI=1S/C16H22O5S/c1-12-6-8-15(9-7-12)22(18,19)21-11-13-4-3-5-14(10-13)16(17)20-2/h6-9,13-14H,3-5,10-11H2,1-2H3. The van der Waals surface area contributed by atoms with Crippen LogP contribution in [0.3, 0.4) is 0 Å². The molecule has 0 bridgehead atoms. The molecule has 0 N–H and O–H groups in total. The van der Waals surface area contributed by atoms with Crippen LogP contribution in [0.4, 0.5) is 0 Å². The lowest BCUT2D eigenvalue weighted by Gasteiger charge is -2.26. The molecule has 1 fully saturated rings. The van der Waals surface area contributed by atoms with E-state index in [2.05, 4.69) is 0 Å². The van der Waals surface area contributed by atoms with Gasteiger partial charge in [-0.2, -0.15) is 8.42 Å². The first kappa shape index (κ1) is 17.0. The third-order valence-corrected chi connectivity index (χ3v) is 5.38. The van der Waals surface area contributed by atoms with Crippen molar-refractivity contribution >= 4 is 16.1 Å². The van der Waals surface area contributed by atoms with Gasteiger partial charge in [-0.1, -0.05) is 24.1 Å². The second kappa shape index (κ2) is 7.24. The highest BCUT2D eigenvalue weighted by Gasteiger charge is 2.29. The molecule has 2 atom stereocenters. The van der Waals surface area contributed by atoms with Gasteiger partial charge < -0.3 is 4.74 Å². The molecule has 2 unspecified atom stereocenters. The highest BCUT2D eigenvalue weighted by atomic mass is 32.2. The van der Waals surface area contributed by atoms with E-state index >= 15 is 0 Å². The van der Waals surface area contributed by atoms with Crippen LogP contribution in [0, 0.1) is 18.8 Å². The molecule has 0 amide bonds. The SMILES string of the molecule is COC(=O)C1CCCC(COS(=O)(=O)c2ccc(C)cc2)C1. The molecule has 0 heterocycles. The van der Waals surface area contributed by atoms with Crippen LogP contribution < -0.4 is 0 Å². The zero-order valence-corrected chi connectivity index (χ0v) is 13.8. The number of aryl methyl sites for hydroxylation is 1. The van der Waals surface area contributed by atoms with Crippen LogP contribution >= 0.6 is 0 Å². The van der Waals surface area contributed by atoms with Gasteiger partial charge in [0.25, 0.3) is 10.1 Å². The van der Waals surface area contributed by atoms with Crippen LogP contribution in [0.1, 0.15) is 31.2 Å². The number of carbonyl (C=O) groups is 1. The van der Waals surface area contributed by atoms with E-state index in [0.717, 1.165) is 24.8 Å². The molecule has 0 spiro atoms. The Kier molecular flexibility index (Phi) is 5.58. The molecular weight excluding hydrogens is 304 g/mol. The first-order valence-corrected chi connectivity index (χ1v) is 8.87. The maximum atomic E-state index is 12.1. The van der Waals surface area contributed by atoms with Crippen molar-refractivity contribution in [3.05, 3.63) is 29.8 Å². The van der Waals surface area contributed by atoms with Gasteiger partial charge in [-0.15, -0.1) is 0 Å². The first-order valence-electron chi connectivity index (χ1n) is 7.46. The molecular formula is C16H22O5S. The van der Waals surface area contributed by atoms with Gasteiger partial charge in [0.1, 0.15) is 0 Å². The van der Waals surface area contributed by atoms with Gasteiger partial charge in [0.2, 0.25) is 0 Å². The van der Waals surface area contributed by atoms with E-state index in [4.69, 9.17) is 8.92 Å². The zero-order chi connectivity index (χ0) is 16.2. The molecule has 1 aliphatic rings. The number of methoxy groups -OCH3 is 1. The van der Waals surface area contributed by atoms with E-state index in [0.29, 0.717) is 6.42 Å². The average molecular weight is 326 g/mol. The Morgan fingerprint density at radius 1 is 1.23 bits per heavy atom. The Balaban J connectivity index is 1.94. The van der Waals surface area contributed by atoms with Crippen LogP contribution in [0.15, 0.2) is 29.2 Å². The molecule has 122 valence electrons. The maximum absolute atomic E-state index is 12.1. The predicted octanol–water partition coefficient (Wildman–Crippen LogP) is 2.68. The summed E-state index contributed by atoms with van der Waals surface area (Å²) < 4.78 is 34.2. The van der Waals surface area contributed by atoms with Crippen molar-refractivity contribution in [1.29, 1.82) is 0 Å². The summed E-state index contributed by atoms with van der Waals surface area (Å²) in [5, 5.41) is 0. The summed E-state index contributed by atoms with van der Waals surface area (Å²) in [5.41, 5.74) is 0.993. The van der Waals surface area contributed by atoms with Crippen LogP contribution in [-0.2, 0) is 23.8 Å². The lowest BCUT2D eigenvalue weighted by atomic mass is 9.82. The van der Waals surface area contributed by atoms with Gasteiger partial charge in [0.05, 0.1) is 24.5 Å². The molecule has 0 radical (unpaired) electrons. The minimum atomic E-state index is -3.74.